The highest BCUT2D eigenvalue weighted by molar-refractivity contribution is 5.84. The molecule has 0 amide bonds. The molecule has 0 bridgehead atoms. The Kier molecular flexibility index (Phi) is 7.74. The Morgan fingerprint density at radius 3 is 2.36 bits per heavy atom. The Balaban J connectivity index is 0.000000791. The van der Waals surface area contributed by atoms with Crippen LogP contribution in [-0.4, -0.2) is 43.8 Å². The predicted molar refractivity (Wildman–Crippen MR) is 63.0 cm³/mol. The molecule has 0 unspecified atom stereocenters. The van der Waals surface area contributed by atoms with Gasteiger partial charge in [0.1, 0.15) is 0 Å². The normalized spacial score (nSPS) is 16.7. The topological polar surface area (TPSA) is 40.0 Å². The van der Waals surface area contributed by atoms with Crippen molar-refractivity contribution < 1.29 is 0 Å². The molecule has 1 rings (SSSR count). The quantitative estimate of drug-likeness (QED) is 0.504. The molecular weight excluding hydrogens is 176 g/mol. The predicted octanol–water partition coefficient (Wildman–Crippen LogP) is 1.12. The van der Waals surface area contributed by atoms with Crippen molar-refractivity contribution in [3.05, 3.63) is 12.8 Å². The van der Waals surface area contributed by atoms with Crippen molar-refractivity contribution in [3.8, 4) is 0 Å². The molecule has 4 heteroatoms. The summed E-state index contributed by atoms with van der Waals surface area (Å²) in [6.07, 6.45) is 1.49. The fourth-order valence-corrected chi connectivity index (χ4v) is 1.17. The summed E-state index contributed by atoms with van der Waals surface area (Å²) in [7, 11) is 0. The highest BCUT2D eigenvalue weighted by atomic mass is 15.3. The van der Waals surface area contributed by atoms with Gasteiger partial charge in [0, 0.05) is 32.4 Å². The van der Waals surface area contributed by atoms with Crippen molar-refractivity contribution in [2.75, 3.05) is 26.2 Å². The zero-order valence-electron chi connectivity index (χ0n) is 9.16. The van der Waals surface area contributed by atoms with E-state index in [1.54, 1.807) is 0 Å². The number of rotatable bonds is 1. The molecule has 1 saturated heterocycles. The molecule has 0 spiro atoms. The maximum absolute atomic E-state index is 4.02. The molecule has 14 heavy (non-hydrogen) atoms. The lowest BCUT2D eigenvalue weighted by atomic mass is 10.4. The molecule has 1 heterocycles. The number of hydrogen-bond acceptors (Lipinski definition) is 2. The van der Waals surface area contributed by atoms with Crippen LogP contribution in [-0.2, 0) is 0 Å². The molecule has 0 aromatic rings. The fourth-order valence-electron chi connectivity index (χ4n) is 1.17. The van der Waals surface area contributed by atoms with Gasteiger partial charge >= 0.3 is 0 Å². The standard InChI is InChI=1S/C8H14N4.C2H6/c1-3-11-8(9-2)12-6-4-10-5-7-12;1-2/h3,10H,1-2,4-7H2;1-2H3. The van der Waals surface area contributed by atoms with Crippen LogP contribution in [0.3, 0.4) is 0 Å². The van der Waals surface area contributed by atoms with Gasteiger partial charge in [-0.3, -0.25) is 0 Å². The second kappa shape index (κ2) is 8.44. The first kappa shape index (κ1) is 12.8. The molecule has 1 fully saturated rings. The largest absolute Gasteiger partial charge is 0.338 e. The van der Waals surface area contributed by atoms with E-state index in [0.29, 0.717) is 5.96 Å². The third-order valence-corrected chi connectivity index (χ3v) is 1.75. The summed E-state index contributed by atoms with van der Waals surface area (Å²) in [4.78, 5) is 9.93. The van der Waals surface area contributed by atoms with Crippen LogP contribution < -0.4 is 5.32 Å². The Hall–Kier alpha value is -1.16. The minimum atomic E-state index is 0.673. The number of nitrogens with zero attached hydrogens (tertiary/aromatic N) is 3. The van der Waals surface area contributed by atoms with E-state index in [-0.39, 0.29) is 0 Å². The maximum Gasteiger partial charge on any atom is 0.224 e. The Morgan fingerprint density at radius 1 is 1.36 bits per heavy atom. The average molecular weight is 196 g/mol. The molecule has 1 aliphatic rings. The van der Waals surface area contributed by atoms with Crippen LogP contribution in [0.15, 0.2) is 22.8 Å². The summed E-state index contributed by atoms with van der Waals surface area (Å²) in [5.74, 6) is 0.673. The lowest BCUT2D eigenvalue weighted by Gasteiger charge is -2.27. The van der Waals surface area contributed by atoms with Crippen molar-refractivity contribution in [2.24, 2.45) is 9.98 Å². The van der Waals surface area contributed by atoms with Gasteiger partial charge in [0.15, 0.2) is 0 Å². The van der Waals surface area contributed by atoms with Crippen LogP contribution in [0, 0.1) is 0 Å². The monoisotopic (exact) mass is 196 g/mol. The van der Waals surface area contributed by atoms with Crippen LogP contribution >= 0.6 is 0 Å². The minimum absolute atomic E-state index is 0.673. The number of hydrogen-bond donors (Lipinski definition) is 1. The summed E-state index contributed by atoms with van der Waals surface area (Å²) < 4.78 is 0. The van der Waals surface area contributed by atoms with Crippen molar-refractivity contribution in [3.63, 3.8) is 0 Å². The van der Waals surface area contributed by atoms with Gasteiger partial charge in [-0.15, -0.1) is 0 Å². The number of piperazine rings is 1. The molecule has 0 aromatic heterocycles. The summed E-state index contributed by atoms with van der Waals surface area (Å²) in [6.45, 7) is 14.8. The number of guanidine groups is 1. The summed E-state index contributed by atoms with van der Waals surface area (Å²) in [6, 6.07) is 0. The first-order valence-electron chi connectivity index (χ1n) is 4.99. The van der Waals surface area contributed by atoms with E-state index in [1.165, 1.54) is 6.20 Å². The highest BCUT2D eigenvalue weighted by Crippen LogP contribution is 1.96. The van der Waals surface area contributed by atoms with Gasteiger partial charge in [-0.05, 0) is 6.72 Å². The lowest BCUT2D eigenvalue weighted by molar-refractivity contribution is 0.354. The first-order valence-corrected chi connectivity index (χ1v) is 4.99. The van der Waals surface area contributed by atoms with Gasteiger partial charge in [0.25, 0.3) is 0 Å². The van der Waals surface area contributed by atoms with E-state index < -0.39 is 0 Å². The average Bonchev–Trinajstić information content (AvgIpc) is 2.30. The van der Waals surface area contributed by atoms with Crippen molar-refractivity contribution in [1.82, 2.24) is 10.2 Å². The van der Waals surface area contributed by atoms with E-state index >= 15 is 0 Å². The summed E-state index contributed by atoms with van der Waals surface area (Å²) in [5.41, 5.74) is 0. The summed E-state index contributed by atoms with van der Waals surface area (Å²) >= 11 is 0. The smallest absolute Gasteiger partial charge is 0.224 e. The lowest BCUT2D eigenvalue weighted by Crippen LogP contribution is -2.45. The third-order valence-electron chi connectivity index (χ3n) is 1.75. The van der Waals surface area contributed by atoms with Gasteiger partial charge < -0.3 is 10.2 Å². The fraction of sp³-hybridized carbons (Fsp3) is 0.600. The van der Waals surface area contributed by atoms with E-state index in [1.807, 2.05) is 13.8 Å². The van der Waals surface area contributed by atoms with E-state index in [2.05, 4.69) is 33.5 Å². The van der Waals surface area contributed by atoms with E-state index in [9.17, 15) is 0 Å². The highest BCUT2D eigenvalue weighted by Gasteiger charge is 2.11. The molecule has 0 radical (unpaired) electrons. The molecular formula is C10H20N4. The first-order chi connectivity index (χ1) is 6.88. The molecule has 1 aliphatic heterocycles. The van der Waals surface area contributed by atoms with Gasteiger partial charge in [0.2, 0.25) is 5.96 Å². The van der Waals surface area contributed by atoms with Crippen molar-refractivity contribution in [2.45, 2.75) is 13.8 Å². The van der Waals surface area contributed by atoms with Crippen LogP contribution in [0.2, 0.25) is 0 Å². The SMILES string of the molecule is C=CN=C(N=C)N1CCNCC1.CC. The van der Waals surface area contributed by atoms with E-state index in [0.717, 1.165) is 26.2 Å². The number of aliphatic imine (C=N–C) groups is 2. The van der Waals surface area contributed by atoms with E-state index in [4.69, 9.17) is 0 Å². The Bertz CT molecular complexity index is 192. The molecule has 0 atom stereocenters. The van der Waals surface area contributed by atoms with Crippen LogP contribution in [0.4, 0.5) is 0 Å². The molecule has 0 aromatic carbocycles. The maximum atomic E-state index is 4.02. The zero-order valence-corrected chi connectivity index (χ0v) is 9.16. The Labute approximate surface area is 86.4 Å². The minimum Gasteiger partial charge on any atom is -0.338 e. The van der Waals surface area contributed by atoms with Gasteiger partial charge in [-0.25, -0.2) is 9.98 Å². The van der Waals surface area contributed by atoms with Crippen LogP contribution in [0.25, 0.3) is 0 Å². The number of nitrogens with one attached hydrogen (secondary N) is 1. The zero-order chi connectivity index (χ0) is 10.8. The molecule has 1 N–H and O–H groups in total. The molecule has 80 valence electrons. The van der Waals surface area contributed by atoms with Crippen molar-refractivity contribution >= 4 is 12.7 Å². The van der Waals surface area contributed by atoms with Crippen LogP contribution in [0.1, 0.15) is 13.8 Å². The molecule has 0 aliphatic carbocycles. The van der Waals surface area contributed by atoms with Crippen LogP contribution in [0.5, 0.6) is 0 Å². The van der Waals surface area contributed by atoms with Gasteiger partial charge in [-0.2, -0.15) is 0 Å². The molecule has 4 nitrogen and oxygen atoms in total. The van der Waals surface area contributed by atoms with Gasteiger partial charge in [-0.1, -0.05) is 20.4 Å². The van der Waals surface area contributed by atoms with Gasteiger partial charge in [0.05, 0.1) is 0 Å². The second-order valence-corrected chi connectivity index (χ2v) is 2.51. The second-order valence-electron chi connectivity index (χ2n) is 2.51. The summed E-state index contributed by atoms with van der Waals surface area (Å²) in [5, 5.41) is 3.25. The third kappa shape index (κ3) is 4.18. The van der Waals surface area contributed by atoms with Crippen molar-refractivity contribution in [1.29, 1.82) is 0 Å². The molecule has 0 saturated carbocycles. The Morgan fingerprint density at radius 2 is 1.93 bits per heavy atom.